The summed E-state index contributed by atoms with van der Waals surface area (Å²) in [6, 6.07) is 8.07. The Bertz CT molecular complexity index is 456. The summed E-state index contributed by atoms with van der Waals surface area (Å²) in [5, 5.41) is 8.73. The molecule has 116 valence electrons. The highest BCUT2D eigenvalue weighted by atomic mass is 16.5. The van der Waals surface area contributed by atoms with Crippen molar-refractivity contribution >= 4 is 11.9 Å². The molecule has 0 aromatic heterocycles. The number of amides is 1. The molecular weight excluding hydrogens is 270 g/mol. The molecular formula is C16H23NO4. The van der Waals surface area contributed by atoms with E-state index in [2.05, 4.69) is 0 Å². The highest BCUT2D eigenvalue weighted by Crippen LogP contribution is 2.07. The number of carboxylic acid groups (broad SMARTS) is 1. The van der Waals surface area contributed by atoms with Crippen molar-refractivity contribution in [3.05, 3.63) is 35.4 Å². The molecule has 0 saturated heterocycles. The van der Waals surface area contributed by atoms with E-state index in [0.717, 1.165) is 5.56 Å². The molecule has 0 aliphatic heterocycles. The Labute approximate surface area is 125 Å². The third-order valence-electron chi connectivity index (χ3n) is 3.26. The summed E-state index contributed by atoms with van der Waals surface area (Å²) in [6.45, 7) is 3.09. The van der Waals surface area contributed by atoms with Gasteiger partial charge in [0.25, 0.3) is 0 Å². The maximum absolute atomic E-state index is 12.2. The summed E-state index contributed by atoms with van der Waals surface area (Å²) in [5.41, 5.74) is 2.30. The number of hydrogen-bond donors (Lipinski definition) is 1. The quantitative estimate of drug-likeness (QED) is 0.755. The van der Waals surface area contributed by atoms with E-state index < -0.39 is 5.97 Å². The highest BCUT2D eigenvalue weighted by molar-refractivity contribution is 5.77. The van der Waals surface area contributed by atoms with E-state index in [0.29, 0.717) is 26.0 Å². The van der Waals surface area contributed by atoms with Gasteiger partial charge < -0.3 is 14.7 Å². The van der Waals surface area contributed by atoms with Gasteiger partial charge >= 0.3 is 5.97 Å². The molecule has 0 radical (unpaired) electrons. The molecule has 0 heterocycles. The molecule has 0 aliphatic carbocycles. The lowest BCUT2D eigenvalue weighted by Gasteiger charge is -2.21. The second-order valence-electron chi connectivity index (χ2n) is 5.00. The average Bonchev–Trinajstić information content (AvgIpc) is 2.46. The van der Waals surface area contributed by atoms with Crippen LogP contribution in [0, 0.1) is 6.92 Å². The molecule has 1 rings (SSSR count). The topological polar surface area (TPSA) is 66.8 Å². The maximum atomic E-state index is 12.2. The van der Waals surface area contributed by atoms with Gasteiger partial charge in [-0.15, -0.1) is 0 Å². The average molecular weight is 293 g/mol. The van der Waals surface area contributed by atoms with E-state index in [-0.39, 0.29) is 18.9 Å². The van der Waals surface area contributed by atoms with Crippen molar-refractivity contribution < 1.29 is 19.4 Å². The van der Waals surface area contributed by atoms with Crippen LogP contribution in [0.25, 0.3) is 0 Å². The Kier molecular flexibility index (Phi) is 7.46. The first-order chi connectivity index (χ1) is 10.0. The summed E-state index contributed by atoms with van der Waals surface area (Å²) < 4.78 is 4.96. The second kappa shape index (κ2) is 9.13. The van der Waals surface area contributed by atoms with Crippen molar-refractivity contribution in [2.75, 3.05) is 26.8 Å². The number of aryl methyl sites for hydroxylation is 2. The smallest absolute Gasteiger partial charge is 0.305 e. The maximum Gasteiger partial charge on any atom is 0.305 e. The van der Waals surface area contributed by atoms with Crippen molar-refractivity contribution in [1.29, 1.82) is 0 Å². The van der Waals surface area contributed by atoms with E-state index in [1.807, 2.05) is 31.2 Å². The van der Waals surface area contributed by atoms with Crippen molar-refractivity contribution in [3.8, 4) is 0 Å². The van der Waals surface area contributed by atoms with Crippen LogP contribution in [0.2, 0.25) is 0 Å². The van der Waals surface area contributed by atoms with Crippen LogP contribution in [0.4, 0.5) is 0 Å². The lowest BCUT2D eigenvalue weighted by molar-refractivity contribution is -0.138. The Hall–Kier alpha value is -1.88. The van der Waals surface area contributed by atoms with Gasteiger partial charge in [0.15, 0.2) is 0 Å². The number of carbonyl (C=O) groups is 2. The Morgan fingerprint density at radius 2 is 1.81 bits per heavy atom. The molecule has 1 aromatic rings. The van der Waals surface area contributed by atoms with Gasteiger partial charge in [-0.1, -0.05) is 29.8 Å². The van der Waals surface area contributed by atoms with Crippen molar-refractivity contribution in [1.82, 2.24) is 4.90 Å². The minimum atomic E-state index is -0.899. The van der Waals surface area contributed by atoms with Crippen LogP contribution < -0.4 is 0 Å². The fourth-order valence-electron chi connectivity index (χ4n) is 1.96. The van der Waals surface area contributed by atoms with Crippen molar-refractivity contribution in [2.24, 2.45) is 0 Å². The lowest BCUT2D eigenvalue weighted by atomic mass is 10.1. The van der Waals surface area contributed by atoms with E-state index in [4.69, 9.17) is 9.84 Å². The third-order valence-corrected chi connectivity index (χ3v) is 3.26. The van der Waals surface area contributed by atoms with Gasteiger partial charge in [-0.05, 0) is 18.9 Å². The van der Waals surface area contributed by atoms with E-state index in [9.17, 15) is 9.59 Å². The van der Waals surface area contributed by atoms with Crippen LogP contribution in [-0.2, 0) is 20.7 Å². The van der Waals surface area contributed by atoms with Crippen LogP contribution in [0.15, 0.2) is 24.3 Å². The Morgan fingerprint density at radius 3 is 2.38 bits per heavy atom. The number of carbonyl (C=O) groups excluding carboxylic acids is 1. The van der Waals surface area contributed by atoms with Gasteiger partial charge in [-0.3, -0.25) is 9.59 Å². The first-order valence-electron chi connectivity index (χ1n) is 7.07. The van der Waals surface area contributed by atoms with Crippen molar-refractivity contribution in [3.63, 3.8) is 0 Å². The fourth-order valence-corrected chi connectivity index (χ4v) is 1.96. The summed E-state index contributed by atoms with van der Waals surface area (Å²) in [5.74, 6) is -0.933. The number of benzene rings is 1. The van der Waals surface area contributed by atoms with E-state index >= 15 is 0 Å². The van der Waals surface area contributed by atoms with Crippen LogP contribution in [0.3, 0.4) is 0 Å². The van der Waals surface area contributed by atoms with Crippen LogP contribution in [0.5, 0.6) is 0 Å². The predicted octanol–water partition coefficient (Wildman–Crippen LogP) is 1.88. The minimum Gasteiger partial charge on any atom is -0.481 e. The normalized spacial score (nSPS) is 10.4. The number of carboxylic acids is 1. The number of methoxy groups -OCH3 is 1. The predicted molar refractivity (Wildman–Crippen MR) is 80.2 cm³/mol. The molecule has 5 nitrogen and oxygen atoms in total. The van der Waals surface area contributed by atoms with Crippen LogP contribution in [-0.4, -0.2) is 48.7 Å². The summed E-state index contributed by atoms with van der Waals surface area (Å²) >= 11 is 0. The van der Waals surface area contributed by atoms with E-state index in [1.54, 1.807) is 12.0 Å². The molecule has 0 atom stereocenters. The SMILES string of the molecule is COCCN(CCC(=O)O)C(=O)CCc1ccc(C)cc1. The molecule has 0 fully saturated rings. The van der Waals surface area contributed by atoms with Crippen LogP contribution >= 0.6 is 0 Å². The van der Waals surface area contributed by atoms with Gasteiger partial charge in [-0.2, -0.15) is 0 Å². The first kappa shape index (κ1) is 17.2. The molecule has 5 heteroatoms. The second-order valence-corrected chi connectivity index (χ2v) is 5.00. The summed E-state index contributed by atoms with van der Waals surface area (Å²) in [7, 11) is 1.56. The van der Waals surface area contributed by atoms with Gasteiger partial charge in [0, 0.05) is 26.6 Å². The zero-order chi connectivity index (χ0) is 15.7. The molecule has 0 spiro atoms. The minimum absolute atomic E-state index is 0.0334. The fraction of sp³-hybridized carbons (Fsp3) is 0.500. The Morgan fingerprint density at radius 1 is 1.14 bits per heavy atom. The number of aliphatic carboxylic acids is 1. The number of ether oxygens (including phenoxy) is 1. The monoisotopic (exact) mass is 293 g/mol. The van der Waals surface area contributed by atoms with Crippen LogP contribution in [0.1, 0.15) is 24.0 Å². The third kappa shape index (κ3) is 6.90. The summed E-state index contributed by atoms with van der Waals surface area (Å²) in [6.07, 6.45) is 1.00. The molecule has 0 unspecified atom stereocenters. The van der Waals surface area contributed by atoms with Gasteiger partial charge in [-0.25, -0.2) is 0 Å². The molecule has 1 aromatic carbocycles. The Balaban J connectivity index is 2.50. The summed E-state index contributed by atoms with van der Waals surface area (Å²) in [4.78, 5) is 24.4. The first-order valence-corrected chi connectivity index (χ1v) is 7.07. The highest BCUT2D eigenvalue weighted by Gasteiger charge is 2.14. The lowest BCUT2D eigenvalue weighted by Crippen LogP contribution is -2.35. The van der Waals surface area contributed by atoms with Gasteiger partial charge in [0.05, 0.1) is 13.0 Å². The molecule has 21 heavy (non-hydrogen) atoms. The molecule has 0 bridgehead atoms. The van der Waals surface area contributed by atoms with Gasteiger partial charge in [0.1, 0.15) is 0 Å². The van der Waals surface area contributed by atoms with E-state index in [1.165, 1.54) is 5.56 Å². The molecule has 1 N–H and O–H groups in total. The number of hydrogen-bond acceptors (Lipinski definition) is 3. The number of nitrogens with zero attached hydrogens (tertiary/aromatic N) is 1. The number of rotatable bonds is 9. The largest absolute Gasteiger partial charge is 0.481 e. The molecule has 1 amide bonds. The van der Waals surface area contributed by atoms with Gasteiger partial charge in [0.2, 0.25) is 5.91 Å². The zero-order valence-electron chi connectivity index (χ0n) is 12.7. The van der Waals surface area contributed by atoms with Crippen molar-refractivity contribution in [2.45, 2.75) is 26.2 Å². The standard InChI is InChI=1S/C16H23NO4/c1-13-3-5-14(6-4-13)7-8-15(18)17(11-12-21-2)10-9-16(19)20/h3-6H,7-12H2,1-2H3,(H,19,20). The zero-order valence-corrected chi connectivity index (χ0v) is 12.7. The molecule has 0 saturated carbocycles. The molecule has 0 aliphatic rings.